The Bertz CT molecular complexity index is 1140. The fraction of sp³-hybridized carbons (Fsp3) is 0.185. The predicted octanol–water partition coefficient (Wildman–Crippen LogP) is 6.90. The van der Waals surface area contributed by atoms with Crippen LogP contribution in [-0.4, -0.2) is 17.0 Å². The first-order chi connectivity index (χ1) is 15.2. The van der Waals surface area contributed by atoms with Crippen LogP contribution in [0.2, 0.25) is 0 Å². The lowest BCUT2D eigenvalue weighted by Crippen LogP contribution is -2.20. The van der Waals surface area contributed by atoms with E-state index in [-0.39, 0.29) is 0 Å². The Kier molecular flexibility index (Phi) is 9.24. The van der Waals surface area contributed by atoms with Gasteiger partial charge in [0.25, 0.3) is 0 Å². The standard InChI is InChI=1S/C25H26N4.C2H6/c1-5-8-11-19(6-2)29(20(7-3)16-17-26-4)21-14-15-24-25(18-21)28-23-13-10-9-12-22(23)27-24;1-2/h5-18,26H,2H2,1,3-4H3;1-2H3/b8-5-,17-16-,19-11+,20-7+;. The molecule has 160 valence electrons. The lowest BCUT2D eigenvalue weighted by Gasteiger charge is -2.27. The Morgan fingerprint density at radius 1 is 0.935 bits per heavy atom. The Morgan fingerprint density at radius 3 is 2.16 bits per heavy atom. The summed E-state index contributed by atoms with van der Waals surface area (Å²) in [6.45, 7) is 12.0. The Morgan fingerprint density at radius 2 is 1.58 bits per heavy atom. The summed E-state index contributed by atoms with van der Waals surface area (Å²) < 4.78 is 0. The van der Waals surface area contributed by atoms with Crippen LogP contribution in [0, 0.1) is 0 Å². The monoisotopic (exact) mass is 412 g/mol. The van der Waals surface area contributed by atoms with E-state index in [1.165, 1.54) is 0 Å². The minimum Gasteiger partial charge on any atom is -0.394 e. The predicted molar refractivity (Wildman–Crippen MR) is 136 cm³/mol. The van der Waals surface area contributed by atoms with E-state index in [9.17, 15) is 0 Å². The number of nitrogens with zero attached hydrogens (tertiary/aromatic N) is 3. The summed E-state index contributed by atoms with van der Waals surface area (Å²) in [6.07, 6.45) is 13.9. The molecular formula is C27H32N4. The van der Waals surface area contributed by atoms with Crippen molar-refractivity contribution in [3.05, 3.63) is 103 Å². The van der Waals surface area contributed by atoms with Gasteiger partial charge in [-0.2, -0.15) is 0 Å². The lowest BCUT2D eigenvalue weighted by atomic mass is 10.1. The van der Waals surface area contributed by atoms with Crippen LogP contribution in [0.1, 0.15) is 27.7 Å². The van der Waals surface area contributed by atoms with E-state index >= 15 is 0 Å². The van der Waals surface area contributed by atoms with Gasteiger partial charge in [0, 0.05) is 24.1 Å². The minimum atomic E-state index is 0.855. The van der Waals surface area contributed by atoms with Crippen molar-refractivity contribution in [3.8, 4) is 0 Å². The van der Waals surface area contributed by atoms with Crippen molar-refractivity contribution >= 4 is 27.8 Å². The largest absolute Gasteiger partial charge is 0.394 e. The number of aromatic nitrogens is 2. The second kappa shape index (κ2) is 12.1. The average Bonchev–Trinajstić information content (AvgIpc) is 2.83. The summed E-state index contributed by atoms with van der Waals surface area (Å²) >= 11 is 0. The molecule has 0 saturated carbocycles. The fourth-order valence-corrected chi connectivity index (χ4v) is 3.09. The molecule has 0 fully saturated rings. The average molecular weight is 413 g/mol. The molecule has 1 aromatic heterocycles. The molecule has 0 atom stereocenters. The van der Waals surface area contributed by atoms with Crippen LogP contribution < -0.4 is 10.2 Å². The van der Waals surface area contributed by atoms with Crippen LogP contribution in [0.5, 0.6) is 0 Å². The SMILES string of the molecule is C=C/C(=C\C=C/C)N(C(/C=C\NC)=C/C)c1ccc2nc3ccccc3nc2c1.CC. The highest BCUT2D eigenvalue weighted by molar-refractivity contribution is 5.88. The van der Waals surface area contributed by atoms with Gasteiger partial charge in [0.2, 0.25) is 0 Å². The van der Waals surface area contributed by atoms with Crippen LogP contribution in [0.3, 0.4) is 0 Å². The molecular weight excluding hydrogens is 380 g/mol. The number of anilines is 1. The topological polar surface area (TPSA) is 41.0 Å². The van der Waals surface area contributed by atoms with Crippen LogP contribution in [0.4, 0.5) is 5.69 Å². The van der Waals surface area contributed by atoms with E-state index in [4.69, 9.17) is 9.97 Å². The van der Waals surface area contributed by atoms with Gasteiger partial charge in [-0.1, -0.05) is 50.8 Å². The molecule has 3 rings (SSSR count). The quantitative estimate of drug-likeness (QED) is 0.338. The highest BCUT2D eigenvalue weighted by atomic mass is 15.2. The molecule has 1 N–H and O–H groups in total. The third kappa shape index (κ3) is 5.70. The van der Waals surface area contributed by atoms with Gasteiger partial charge >= 0.3 is 0 Å². The maximum atomic E-state index is 4.82. The van der Waals surface area contributed by atoms with Crippen LogP contribution in [0.25, 0.3) is 22.1 Å². The molecule has 0 aliphatic carbocycles. The summed E-state index contributed by atoms with van der Waals surface area (Å²) in [5.74, 6) is 0. The van der Waals surface area contributed by atoms with E-state index in [1.54, 1.807) is 0 Å². The van der Waals surface area contributed by atoms with Crippen molar-refractivity contribution in [3.63, 3.8) is 0 Å². The van der Waals surface area contributed by atoms with Crippen LogP contribution in [-0.2, 0) is 0 Å². The van der Waals surface area contributed by atoms with E-state index < -0.39 is 0 Å². The van der Waals surface area contributed by atoms with Gasteiger partial charge in [-0.25, -0.2) is 9.97 Å². The van der Waals surface area contributed by atoms with Crippen LogP contribution >= 0.6 is 0 Å². The Balaban J connectivity index is 0.00000166. The number of rotatable bonds is 7. The van der Waals surface area contributed by atoms with Crippen molar-refractivity contribution < 1.29 is 0 Å². The van der Waals surface area contributed by atoms with Gasteiger partial charge in [-0.15, -0.1) is 0 Å². The molecule has 1 heterocycles. The van der Waals surface area contributed by atoms with Gasteiger partial charge < -0.3 is 10.2 Å². The molecule has 31 heavy (non-hydrogen) atoms. The molecule has 4 nitrogen and oxygen atoms in total. The summed E-state index contributed by atoms with van der Waals surface area (Å²) in [5, 5.41) is 3.06. The lowest BCUT2D eigenvalue weighted by molar-refractivity contribution is 1.08. The van der Waals surface area contributed by atoms with E-state index in [2.05, 4.69) is 35.0 Å². The van der Waals surface area contributed by atoms with Gasteiger partial charge in [0.15, 0.2) is 0 Å². The first kappa shape index (κ1) is 23.6. The highest BCUT2D eigenvalue weighted by Crippen LogP contribution is 2.29. The second-order valence-corrected chi connectivity index (χ2v) is 6.38. The molecule has 0 radical (unpaired) electrons. The number of benzene rings is 2. The summed E-state index contributed by atoms with van der Waals surface area (Å²) in [6, 6.07) is 14.1. The Hall–Kier alpha value is -3.66. The normalized spacial score (nSPS) is 12.3. The molecule has 4 heteroatoms. The van der Waals surface area contributed by atoms with Crippen molar-refractivity contribution in [1.29, 1.82) is 0 Å². The summed E-state index contributed by atoms with van der Waals surface area (Å²) in [7, 11) is 1.88. The fourth-order valence-electron chi connectivity index (χ4n) is 3.09. The maximum Gasteiger partial charge on any atom is 0.0915 e. The summed E-state index contributed by atoms with van der Waals surface area (Å²) in [5.41, 5.74) is 6.49. The van der Waals surface area contributed by atoms with Crippen molar-refractivity contribution in [1.82, 2.24) is 15.3 Å². The number of hydrogen-bond acceptors (Lipinski definition) is 4. The second-order valence-electron chi connectivity index (χ2n) is 6.38. The smallest absolute Gasteiger partial charge is 0.0915 e. The molecule has 0 aliphatic rings. The number of nitrogens with one attached hydrogen (secondary N) is 1. The molecule has 0 amide bonds. The molecule has 2 aromatic carbocycles. The van der Waals surface area contributed by atoms with E-state index in [0.717, 1.165) is 39.1 Å². The highest BCUT2D eigenvalue weighted by Gasteiger charge is 2.14. The van der Waals surface area contributed by atoms with Gasteiger partial charge in [-0.05, 0) is 68.6 Å². The first-order valence-electron chi connectivity index (χ1n) is 10.6. The van der Waals surface area contributed by atoms with Crippen molar-refractivity contribution in [2.75, 3.05) is 11.9 Å². The zero-order valence-electron chi connectivity index (χ0n) is 19.1. The van der Waals surface area contributed by atoms with E-state index in [1.807, 2.05) is 102 Å². The minimum absolute atomic E-state index is 0.855. The molecule has 0 bridgehead atoms. The zero-order chi connectivity index (χ0) is 22.6. The molecule has 3 aromatic rings. The third-order valence-corrected chi connectivity index (χ3v) is 4.48. The van der Waals surface area contributed by atoms with E-state index in [0.29, 0.717) is 0 Å². The number of hydrogen-bond donors (Lipinski definition) is 1. The first-order valence-corrected chi connectivity index (χ1v) is 10.6. The molecule has 0 unspecified atom stereocenters. The number of para-hydroxylation sites is 2. The number of fused-ring (bicyclic) bond motifs is 2. The van der Waals surface area contributed by atoms with Gasteiger partial charge in [0.1, 0.15) is 0 Å². The molecule has 0 spiro atoms. The van der Waals surface area contributed by atoms with Crippen LogP contribution in [0.15, 0.2) is 103 Å². The Labute approximate surface area is 186 Å². The van der Waals surface area contributed by atoms with Gasteiger partial charge in [-0.3, -0.25) is 0 Å². The third-order valence-electron chi connectivity index (χ3n) is 4.48. The number of allylic oxidation sites excluding steroid dienone is 6. The summed E-state index contributed by atoms with van der Waals surface area (Å²) in [4.78, 5) is 11.7. The molecule has 0 aliphatic heterocycles. The maximum absolute atomic E-state index is 4.82. The zero-order valence-corrected chi connectivity index (χ0v) is 19.1. The molecule has 0 saturated heterocycles. The van der Waals surface area contributed by atoms with Crippen molar-refractivity contribution in [2.24, 2.45) is 0 Å². The van der Waals surface area contributed by atoms with Gasteiger partial charge in [0.05, 0.1) is 22.1 Å². The van der Waals surface area contributed by atoms with Crippen molar-refractivity contribution in [2.45, 2.75) is 27.7 Å².